The van der Waals surface area contributed by atoms with Crippen LogP contribution < -0.4 is 5.32 Å². The van der Waals surface area contributed by atoms with Crippen LogP contribution in [-0.4, -0.2) is 12.2 Å². The second-order valence-electron chi connectivity index (χ2n) is 3.85. The molecule has 2 nitrogen and oxygen atoms in total. The van der Waals surface area contributed by atoms with Gasteiger partial charge in [0.25, 0.3) is 0 Å². The Labute approximate surface area is 95.5 Å². The summed E-state index contributed by atoms with van der Waals surface area (Å²) in [6.45, 7) is 4.08. The molecule has 0 radical (unpaired) electrons. The first-order valence-electron chi connectivity index (χ1n) is 5.06. The van der Waals surface area contributed by atoms with E-state index in [9.17, 15) is 4.79 Å². The van der Waals surface area contributed by atoms with Crippen LogP contribution in [0.4, 0.5) is 5.69 Å². The van der Waals surface area contributed by atoms with E-state index in [1.165, 1.54) is 0 Å². The van der Waals surface area contributed by atoms with Gasteiger partial charge in [-0.15, -0.1) is 11.8 Å². The summed E-state index contributed by atoms with van der Waals surface area (Å²) in [7, 11) is 0. The van der Waals surface area contributed by atoms with Crippen molar-refractivity contribution in [3.05, 3.63) is 24.3 Å². The lowest BCUT2D eigenvalue weighted by Gasteiger charge is -2.10. The second-order valence-corrected chi connectivity index (χ2v) is 4.69. The molecule has 0 fully saturated rings. The van der Waals surface area contributed by atoms with Crippen LogP contribution in [0, 0.1) is 5.92 Å². The summed E-state index contributed by atoms with van der Waals surface area (Å²) in [4.78, 5) is 12.7. The lowest BCUT2D eigenvalue weighted by Crippen LogP contribution is -2.14. The Bertz CT molecular complexity index is 336. The number of amides is 1. The van der Waals surface area contributed by atoms with Gasteiger partial charge < -0.3 is 5.32 Å². The first-order valence-corrected chi connectivity index (χ1v) is 6.29. The van der Waals surface area contributed by atoms with E-state index in [-0.39, 0.29) is 5.91 Å². The summed E-state index contributed by atoms with van der Waals surface area (Å²) >= 11 is 1.64. The molecule has 1 aromatic carbocycles. The van der Waals surface area contributed by atoms with Crippen molar-refractivity contribution in [1.29, 1.82) is 0 Å². The molecule has 0 aliphatic carbocycles. The molecular weight excluding hydrogens is 206 g/mol. The zero-order valence-corrected chi connectivity index (χ0v) is 10.2. The van der Waals surface area contributed by atoms with E-state index in [0.29, 0.717) is 12.3 Å². The molecule has 0 atom stereocenters. The first-order chi connectivity index (χ1) is 7.13. The van der Waals surface area contributed by atoms with Crippen molar-refractivity contribution in [2.24, 2.45) is 5.92 Å². The number of hydrogen-bond donors (Lipinski definition) is 1. The van der Waals surface area contributed by atoms with Gasteiger partial charge in [0.15, 0.2) is 0 Å². The number of rotatable bonds is 4. The van der Waals surface area contributed by atoms with E-state index in [2.05, 4.69) is 5.32 Å². The molecule has 0 aliphatic rings. The summed E-state index contributed by atoms with van der Waals surface area (Å²) in [5.74, 6) is 0.484. The molecule has 1 rings (SSSR count). The van der Waals surface area contributed by atoms with Crippen LogP contribution in [0.2, 0.25) is 0 Å². The standard InChI is InChI=1S/C12H17NOS/c1-9(2)8-12(14)13-10-6-4-5-7-11(10)15-3/h4-7,9H,8H2,1-3H3,(H,13,14). The Kier molecular flexibility index (Phi) is 4.69. The maximum absolute atomic E-state index is 11.6. The lowest BCUT2D eigenvalue weighted by atomic mass is 10.1. The Morgan fingerprint density at radius 1 is 1.40 bits per heavy atom. The molecule has 3 heteroatoms. The van der Waals surface area contributed by atoms with Gasteiger partial charge >= 0.3 is 0 Å². The van der Waals surface area contributed by atoms with Gasteiger partial charge in [-0.05, 0) is 24.3 Å². The maximum Gasteiger partial charge on any atom is 0.224 e. The van der Waals surface area contributed by atoms with Gasteiger partial charge in [0, 0.05) is 11.3 Å². The monoisotopic (exact) mass is 223 g/mol. The zero-order valence-electron chi connectivity index (χ0n) is 9.41. The third-order valence-electron chi connectivity index (χ3n) is 1.97. The lowest BCUT2D eigenvalue weighted by molar-refractivity contribution is -0.116. The Hall–Kier alpha value is -0.960. The van der Waals surface area contributed by atoms with E-state index in [4.69, 9.17) is 0 Å². The third kappa shape index (κ3) is 3.96. The van der Waals surface area contributed by atoms with Crippen molar-refractivity contribution >= 4 is 23.4 Å². The molecule has 1 N–H and O–H groups in total. The third-order valence-corrected chi connectivity index (χ3v) is 2.77. The first kappa shape index (κ1) is 12.1. The Morgan fingerprint density at radius 2 is 2.07 bits per heavy atom. The fourth-order valence-electron chi connectivity index (χ4n) is 1.32. The van der Waals surface area contributed by atoms with Crippen LogP contribution in [0.5, 0.6) is 0 Å². The van der Waals surface area contributed by atoms with Crippen molar-refractivity contribution in [3.8, 4) is 0 Å². The topological polar surface area (TPSA) is 29.1 Å². The molecule has 1 amide bonds. The minimum Gasteiger partial charge on any atom is -0.325 e. The molecule has 0 heterocycles. The minimum absolute atomic E-state index is 0.0894. The van der Waals surface area contributed by atoms with Crippen molar-refractivity contribution in [1.82, 2.24) is 0 Å². The molecule has 0 unspecified atom stereocenters. The molecule has 15 heavy (non-hydrogen) atoms. The average Bonchev–Trinajstić information content (AvgIpc) is 2.17. The largest absolute Gasteiger partial charge is 0.325 e. The fourth-order valence-corrected chi connectivity index (χ4v) is 1.87. The summed E-state index contributed by atoms with van der Waals surface area (Å²) in [5.41, 5.74) is 0.913. The van der Waals surface area contributed by atoms with Crippen molar-refractivity contribution in [3.63, 3.8) is 0 Å². The van der Waals surface area contributed by atoms with Crippen LogP contribution in [0.15, 0.2) is 29.2 Å². The van der Waals surface area contributed by atoms with E-state index in [1.807, 2.05) is 44.4 Å². The van der Waals surface area contributed by atoms with Crippen LogP contribution in [0.25, 0.3) is 0 Å². The molecule has 0 saturated carbocycles. The number of nitrogens with one attached hydrogen (secondary N) is 1. The summed E-state index contributed by atoms with van der Waals surface area (Å²) < 4.78 is 0. The van der Waals surface area contributed by atoms with Crippen LogP contribution in [-0.2, 0) is 4.79 Å². The summed E-state index contributed by atoms with van der Waals surface area (Å²) in [6.07, 6.45) is 2.58. The molecule has 0 aliphatic heterocycles. The van der Waals surface area contributed by atoms with E-state index in [0.717, 1.165) is 10.6 Å². The number of para-hydroxylation sites is 1. The summed E-state index contributed by atoms with van der Waals surface area (Å²) in [6, 6.07) is 7.86. The van der Waals surface area contributed by atoms with Gasteiger partial charge in [-0.2, -0.15) is 0 Å². The Balaban J connectivity index is 2.67. The van der Waals surface area contributed by atoms with Crippen LogP contribution >= 0.6 is 11.8 Å². The van der Waals surface area contributed by atoms with Gasteiger partial charge in [-0.25, -0.2) is 0 Å². The number of benzene rings is 1. The highest BCUT2D eigenvalue weighted by Crippen LogP contribution is 2.24. The van der Waals surface area contributed by atoms with Gasteiger partial charge in [-0.3, -0.25) is 4.79 Å². The van der Waals surface area contributed by atoms with Gasteiger partial charge in [-0.1, -0.05) is 26.0 Å². The van der Waals surface area contributed by atoms with Gasteiger partial charge in [0.05, 0.1) is 5.69 Å². The van der Waals surface area contributed by atoms with Crippen LogP contribution in [0.3, 0.4) is 0 Å². The predicted molar refractivity (Wildman–Crippen MR) is 66.3 cm³/mol. The number of anilines is 1. The van der Waals surface area contributed by atoms with E-state index in [1.54, 1.807) is 11.8 Å². The smallest absolute Gasteiger partial charge is 0.224 e. The van der Waals surface area contributed by atoms with E-state index >= 15 is 0 Å². The van der Waals surface area contributed by atoms with Crippen molar-refractivity contribution in [2.75, 3.05) is 11.6 Å². The zero-order chi connectivity index (χ0) is 11.3. The Morgan fingerprint density at radius 3 is 2.67 bits per heavy atom. The van der Waals surface area contributed by atoms with Crippen LogP contribution in [0.1, 0.15) is 20.3 Å². The normalized spacial score (nSPS) is 10.4. The molecule has 0 bridgehead atoms. The molecule has 0 spiro atoms. The number of carbonyl (C=O) groups excluding carboxylic acids is 1. The molecular formula is C12H17NOS. The quantitative estimate of drug-likeness (QED) is 0.793. The highest BCUT2D eigenvalue weighted by molar-refractivity contribution is 7.98. The van der Waals surface area contributed by atoms with Gasteiger partial charge in [0.2, 0.25) is 5.91 Å². The number of thioether (sulfide) groups is 1. The minimum atomic E-state index is 0.0894. The van der Waals surface area contributed by atoms with Crippen molar-refractivity contribution in [2.45, 2.75) is 25.2 Å². The summed E-state index contributed by atoms with van der Waals surface area (Å²) in [5, 5.41) is 2.93. The highest BCUT2D eigenvalue weighted by atomic mass is 32.2. The van der Waals surface area contributed by atoms with Crippen molar-refractivity contribution < 1.29 is 4.79 Å². The number of carbonyl (C=O) groups is 1. The predicted octanol–water partition coefficient (Wildman–Crippen LogP) is 3.39. The molecule has 0 aromatic heterocycles. The molecule has 82 valence electrons. The highest BCUT2D eigenvalue weighted by Gasteiger charge is 2.07. The fraction of sp³-hybridized carbons (Fsp3) is 0.417. The average molecular weight is 223 g/mol. The second kappa shape index (κ2) is 5.81. The SMILES string of the molecule is CSc1ccccc1NC(=O)CC(C)C. The number of hydrogen-bond acceptors (Lipinski definition) is 2. The maximum atomic E-state index is 11.6. The van der Waals surface area contributed by atoms with Gasteiger partial charge in [0.1, 0.15) is 0 Å². The molecule has 1 aromatic rings. The molecule has 0 saturated heterocycles. The van der Waals surface area contributed by atoms with E-state index < -0.39 is 0 Å².